The molecule has 0 unspecified atom stereocenters. The van der Waals surface area contributed by atoms with Gasteiger partial charge in [0, 0.05) is 23.5 Å². The maximum atomic E-state index is 11.7. The molecule has 28 heavy (non-hydrogen) atoms. The van der Waals surface area contributed by atoms with E-state index in [2.05, 4.69) is 13.0 Å². The molecule has 0 bridgehead atoms. The molecule has 2 rings (SSSR count). The Morgan fingerprint density at radius 3 is 2.50 bits per heavy atom. The first-order chi connectivity index (χ1) is 13.2. The number of cyclic esters (lactones) is 1. The molecule has 1 aliphatic heterocycles. The molecule has 0 aliphatic carbocycles. The van der Waals surface area contributed by atoms with Crippen molar-refractivity contribution in [2.45, 2.75) is 66.4 Å². The lowest BCUT2D eigenvalue weighted by molar-refractivity contribution is -0.121. The molecule has 1 aromatic rings. The molecule has 0 fully saturated rings. The van der Waals surface area contributed by atoms with Crippen LogP contribution in [-0.4, -0.2) is 22.0 Å². The van der Waals surface area contributed by atoms with Gasteiger partial charge in [0.05, 0.1) is 5.56 Å². The summed E-state index contributed by atoms with van der Waals surface area (Å²) < 4.78 is 4.91. The standard InChI is InChI=1S/C23H30O5/c1-14(2)20(24)11-9-16(4)7-5-6-15(3)8-10-17-21(25)12-18-19(22(17)26)13-28-23(18)27/h7-8,12,14,25-26H,5-6,9-11,13H2,1-4H3/b15-8+,16-7+. The number of carbonyl (C=O) groups excluding carboxylic acids is 2. The van der Waals surface area contributed by atoms with Crippen LogP contribution in [0.3, 0.4) is 0 Å². The number of rotatable bonds is 9. The highest BCUT2D eigenvalue weighted by atomic mass is 16.5. The predicted octanol–water partition coefficient (Wildman–Crippen LogP) is 4.99. The Morgan fingerprint density at radius 1 is 1.14 bits per heavy atom. The number of phenolic OH excluding ortho intramolecular Hbond substituents is 2. The SMILES string of the molecule is C/C(=C\Cc1c(O)cc2c(c1O)COC2=O)CC/C=C(\C)CCC(=O)C(C)C. The van der Waals surface area contributed by atoms with Crippen LogP contribution in [0.1, 0.15) is 74.9 Å². The number of esters is 1. The van der Waals surface area contributed by atoms with Crippen LogP contribution < -0.4 is 0 Å². The number of ketones is 1. The zero-order valence-corrected chi connectivity index (χ0v) is 17.2. The molecular weight excluding hydrogens is 356 g/mol. The second kappa shape index (κ2) is 9.58. The summed E-state index contributed by atoms with van der Waals surface area (Å²) in [6, 6.07) is 1.37. The van der Waals surface area contributed by atoms with E-state index in [1.807, 2.05) is 26.8 Å². The van der Waals surface area contributed by atoms with Crippen LogP contribution >= 0.6 is 0 Å². The van der Waals surface area contributed by atoms with E-state index in [1.54, 1.807) is 0 Å². The summed E-state index contributed by atoms with van der Waals surface area (Å²) in [6.45, 7) is 7.96. The van der Waals surface area contributed by atoms with Crippen molar-refractivity contribution in [1.29, 1.82) is 0 Å². The van der Waals surface area contributed by atoms with Gasteiger partial charge in [-0.25, -0.2) is 4.79 Å². The molecule has 5 nitrogen and oxygen atoms in total. The minimum absolute atomic E-state index is 0.0410. The van der Waals surface area contributed by atoms with Crippen molar-refractivity contribution < 1.29 is 24.5 Å². The maximum absolute atomic E-state index is 11.7. The van der Waals surface area contributed by atoms with Crippen molar-refractivity contribution in [2.24, 2.45) is 5.92 Å². The molecule has 0 amide bonds. The Balaban J connectivity index is 1.91. The summed E-state index contributed by atoms with van der Waals surface area (Å²) >= 11 is 0. The Kier molecular flexibility index (Phi) is 7.44. The Bertz CT molecular complexity index is 815. The van der Waals surface area contributed by atoms with Gasteiger partial charge < -0.3 is 14.9 Å². The number of fused-ring (bicyclic) bond motifs is 1. The summed E-state index contributed by atoms with van der Waals surface area (Å²) in [5.74, 6) is -0.282. The van der Waals surface area contributed by atoms with Crippen LogP contribution in [0.25, 0.3) is 0 Å². The molecule has 0 atom stereocenters. The third-order valence-corrected chi connectivity index (χ3v) is 5.15. The molecule has 0 saturated carbocycles. The topological polar surface area (TPSA) is 83.8 Å². The predicted molar refractivity (Wildman–Crippen MR) is 108 cm³/mol. The van der Waals surface area contributed by atoms with Gasteiger partial charge in [-0.05, 0) is 45.6 Å². The van der Waals surface area contributed by atoms with Gasteiger partial charge in [-0.15, -0.1) is 0 Å². The van der Waals surface area contributed by atoms with E-state index in [4.69, 9.17) is 4.74 Å². The second-order valence-corrected chi connectivity index (χ2v) is 7.79. The first kappa shape index (κ1) is 21.7. The summed E-state index contributed by atoms with van der Waals surface area (Å²) in [4.78, 5) is 23.2. The van der Waals surface area contributed by atoms with Gasteiger partial charge in [0.2, 0.25) is 0 Å². The number of hydrogen-bond acceptors (Lipinski definition) is 5. The maximum Gasteiger partial charge on any atom is 0.339 e. The van der Waals surface area contributed by atoms with Crippen LogP contribution in [-0.2, 0) is 22.6 Å². The van der Waals surface area contributed by atoms with E-state index in [1.165, 1.54) is 11.6 Å². The molecule has 1 aliphatic rings. The van der Waals surface area contributed by atoms with Gasteiger partial charge in [-0.3, -0.25) is 4.79 Å². The number of aromatic hydroxyl groups is 2. The number of phenols is 2. The summed E-state index contributed by atoms with van der Waals surface area (Å²) in [5, 5.41) is 20.5. The van der Waals surface area contributed by atoms with Crippen LogP contribution in [0, 0.1) is 5.92 Å². The third-order valence-electron chi connectivity index (χ3n) is 5.15. The van der Waals surface area contributed by atoms with Gasteiger partial charge in [-0.2, -0.15) is 0 Å². The van der Waals surface area contributed by atoms with Crippen molar-refractivity contribution >= 4 is 11.8 Å². The highest BCUT2D eigenvalue weighted by molar-refractivity contribution is 5.95. The van der Waals surface area contributed by atoms with Crippen molar-refractivity contribution in [3.05, 3.63) is 46.1 Å². The highest BCUT2D eigenvalue weighted by Gasteiger charge is 2.27. The fourth-order valence-electron chi connectivity index (χ4n) is 3.12. The van der Waals surface area contributed by atoms with Gasteiger partial charge in [-0.1, -0.05) is 37.1 Å². The lowest BCUT2D eigenvalue weighted by Gasteiger charge is -2.09. The van der Waals surface area contributed by atoms with Gasteiger partial charge >= 0.3 is 5.97 Å². The van der Waals surface area contributed by atoms with Crippen LogP contribution in [0.5, 0.6) is 11.5 Å². The molecule has 152 valence electrons. The van der Waals surface area contributed by atoms with Crippen molar-refractivity contribution in [3.8, 4) is 11.5 Å². The van der Waals surface area contributed by atoms with E-state index in [9.17, 15) is 19.8 Å². The largest absolute Gasteiger partial charge is 0.507 e. The molecule has 5 heteroatoms. The van der Waals surface area contributed by atoms with E-state index in [-0.39, 0.29) is 29.6 Å². The van der Waals surface area contributed by atoms with Crippen LogP contribution in [0.2, 0.25) is 0 Å². The summed E-state index contributed by atoms with van der Waals surface area (Å²) in [5.41, 5.74) is 3.46. The van der Waals surface area contributed by atoms with Gasteiger partial charge in [0.1, 0.15) is 23.9 Å². The Morgan fingerprint density at radius 2 is 1.82 bits per heavy atom. The lowest BCUT2D eigenvalue weighted by Crippen LogP contribution is -2.06. The van der Waals surface area contributed by atoms with Crippen LogP contribution in [0.4, 0.5) is 0 Å². The van der Waals surface area contributed by atoms with E-state index in [0.29, 0.717) is 29.8 Å². The summed E-state index contributed by atoms with van der Waals surface area (Å²) in [6.07, 6.45) is 7.67. The van der Waals surface area contributed by atoms with Crippen molar-refractivity contribution in [2.75, 3.05) is 0 Å². The summed E-state index contributed by atoms with van der Waals surface area (Å²) in [7, 11) is 0. The minimum atomic E-state index is -0.517. The van der Waals surface area contributed by atoms with E-state index < -0.39 is 5.97 Å². The first-order valence-electron chi connectivity index (χ1n) is 9.78. The molecule has 1 heterocycles. The fraction of sp³-hybridized carbons (Fsp3) is 0.478. The minimum Gasteiger partial charge on any atom is -0.507 e. The average molecular weight is 386 g/mol. The normalized spacial score (nSPS) is 14.4. The number of ether oxygens (including phenoxy) is 1. The highest BCUT2D eigenvalue weighted by Crippen LogP contribution is 2.38. The molecular formula is C23H30O5. The van der Waals surface area contributed by atoms with Crippen molar-refractivity contribution in [3.63, 3.8) is 0 Å². The number of benzene rings is 1. The molecule has 0 radical (unpaired) electrons. The molecule has 0 spiro atoms. The van der Waals surface area contributed by atoms with Crippen LogP contribution in [0.15, 0.2) is 29.4 Å². The number of Topliss-reactive ketones (excluding diaryl/α,β-unsaturated/α-hetero) is 1. The van der Waals surface area contributed by atoms with Crippen molar-refractivity contribution in [1.82, 2.24) is 0 Å². The van der Waals surface area contributed by atoms with E-state index >= 15 is 0 Å². The Labute approximate surface area is 166 Å². The lowest BCUT2D eigenvalue weighted by atomic mass is 9.98. The molecule has 1 aromatic carbocycles. The number of carbonyl (C=O) groups is 2. The first-order valence-corrected chi connectivity index (χ1v) is 9.78. The van der Waals surface area contributed by atoms with Gasteiger partial charge in [0.25, 0.3) is 0 Å². The number of hydrogen-bond donors (Lipinski definition) is 2. The third kappa shape index (κ3) is 5.47. The monoisotopic (exact) mass is 386 g/mol. The molecule has 0 saturated heterocycles. The Hall–Kier alpha value is -2.56. The fourth-order valence-corrected chi connectivity index (χ4v) is 3.12. The zero-order valence-electron chi connectivity index (χ0n) is 17.2. The van der Waals surface area contributed by atoms with E-state index in [0.717, 1.165) is 24.8 Å². The quantitative estimate of drug-likeness (QED) is 0.461. The number of allylic oxidation sites excluding steroid dienone is 4. The molecule has 2 N–H and O–H groups in total. The molecule has 0 aromatic heterocycles. The average Bonchev–Trinajstić information content (AvgIpc) is 3.00. The zero-order chi connectivity index (χ0) is 20.8. The smallest absolute Gasteiger partial charge is 0.339 e. The van der Waals surface area contributed by atoms with Gasteiger partial charge in [0.15, 0.2) is 0 Å². The second-order valence-electron chi connectivity index (χ2n) is 7.79.